The number of ether oxygens (including phenoxy) is 1. The van der Waals surface area contributed by atoms with Crippen molar-refractivity contribution in [2.45, 2.75) is 58.8 Å². The number of nitrogens with zero attached hydrogens (tertiary/aromatic N) is 1. The second-order valence-electron chi connectivity index (χ2n) is 7.80. The normalized spacial score (nSPS) is 10.8. The van der Waals surface area contributed by atoms with Crippen molar-refractivity contribution in [3.8, 4) is 17.0 Å². The summed E-state index contributed by atoms with van der Waals surface area (Å²) in [5.41, 5.74) is 3.83. The molecule has 0 saturated carbocycles. The zero-order chi connectivity index (χ0) is 22.1. The molecule has 0 bridgehead atoms. The first-order chi connectivity index (χ1) is 15.1. The Morgan fingerprint density at radius 2 is 1.65 bits per heavy atom. The van der Waals surface area contributed by atoms with Gasteiger partial charge in [0.25, 0.3) is 0 Å². The molecule has 2 aromatic carbocycles. The van der Waals surface area contributed by atoms with Gasteiger partial charge in [0, 0.05) is 11.8 Å². The van der Waals surface area contributed by atoms with Crippen molar-refractivity contribution in [1.82, 2.24) is 4.98 Å². The monoisotopic (exact) mass is 419 g/mol. The highest BCUT2D eigenvalue weighted by Crippen LogP contribution is 2.22. The first-order valence-electron chi connectivity index (χ1n) is 11.2. The highest BCUT2D eigenvalue weighted by molar-refractivity contribution is 5.91. The van der Waals surface area contributed by atoms with Gasteiger partial charge in [0.1, 0.15) is 11.6 Å². The molecule has 1 aromatic heterocycles. The fourth-order valence-electron chi connectivity index (χ4n) is 3.47. The summed E-state index contributed by atoms with van der Waals surface area (Å²) in [6.45, 7) is 4.27. The third-order valence-corrected chi connectivity index (χ3v) is 5.42. The summed E-state index contributed by atoms with van der Waals surface area (Å²) in [6, 6.07) is 15.9. The van der Waals surface area contributed by atoms with Gasteiger partial charge in [0.15, 0.2) is 0 Å². The summed E-state index contributed by atoms with van der Waals surface area (Å²) in [7, 11) is 0. The van der Waals surface area contributed by atoms with E-state index >= 15 is 0 Å². The first kappa shape index (κ1) is 22.7. The third-order valence-electron chi connectivity index (χ3n) is 5.42. The molecule has 0 N–H and O–H groups in total. The van der Waals surface area contributed by atoms with Gasteiger partial charge in [-0.25, -0.2) is 9.18 Å². The van der Waals surface area contributed by atoms with E-state index < -0.39 is 11.8 Å². The Bertz CT molecular complexity index is 981. The molecule has 1 heterocycles. The van der Waals surface area contributed by atoms with Crippen LogP contribution >= 0.6 is 0 Å². The fourth-order valence-corrected chi connectivity index (χ4v) is 3.47. The third kappa shape index (κ3) is 6.48. The summed E-state index contributed by atoms with van der Waals surface area (Å²) < 4.78 is 19.8. The Balaban J connectivity index is 1.59. The van der Waals surface area contributed by atoms with E-state index in [2.05, 4.69) is 18.8 Å². The number of rotatable bonds is 10. The van der Waals surface area contributed by atoms with Gasteiger partial charge in [-0.3, -0.25) is 4.98 Å². The van der Waals surface area contributed by atoms with E-state index in [0.717, 1.165) is 42.5 Å². The summed E-state index contributed by atoms with van der Waals surface area (Å²) in [5, 5.41) is 0. The molecule has 0 unspecified atom stereocenters. The van der Waals surface area contributed by atoms with Crippen LogP contribution in [-0.2, 0) is 12.8 Å². The quantitative estimate of drug-likeness (QED) is 0.198. The van der Waals surface area contributed by atoms with Crippen molar-refractivity contribution in [3.05, 3.63) is 83.3 Å². The maximum Gasteiger partial charge on any atom is 0.346 e. The van der Waals surface area contributed by atoms with E-state index in [9.17, 15) is 9.18 Å². The van der Waals surface area contributed by atoms with E-state index in [1.54, 1.807) is 12.1 Å². The number of halogens is 1. The van der Waals surface area contributed by atoms with Gasteiger partial charge in [0.05, 0.1) is 11.3 Å². The Morgan fingerprint density at radius 1 is 0.903 bits per heavy atom. The van der Waals surface area contributed by atoms with E-state index in [1.165, 1.54) is 37.0 Å². The second-order valence-corrected chi connectivity index (χ2v) is 7.80. The van der Waals surface area contributed by atoms with Gasteiger partial charge in [-0.2, -0.15) is 0 Å². The lowest BCUT2D eigenvalue weighted by atomic mass is 10.0. The second kappa shape index (κ2) is 11.4. The van der Waals surface area contributed by atoms with E-state index in [0.29, 0.717) is 5.75 Å². The minimum atomic E-state index is -0.690. The van der Waals surface area contributed by atoms with Crippen molar-refractivity contribution in [2.75, 3.05) is 0 Å². The van der Waals surface area contributed by atoms with E-state index in [-0.39, 0.29) is 5.56 Å². The number of aryl methyl sites for hydroxylation is 2. The number of hydrogen-bond donors (Lipinski definition) is 0. The topological polar surface area (TPSA) is 39.2 Å². The molecule has 0 fully saturated rings. The molecular weight excluding hydrogens is 389 g/mol. The molecule has 4 heteroatoms. The zero-order valence-corrected chi connectivity index (χ0v) is 18.4. The molecule has 0 radical (unpaired) electrons. The molecule has 3 nitrogen and oxygen atoms in total. The van der Waals surface area contributed by atoms with E-state index in [1.807, 2.05) is 36.5 Å². The molecule has 3 aromatic rings. The molecule has 0 saturated heterocycles. The fraction of sp³-hybridized carbons (Fsp3) is 0.333. The molecule has 0 aliphatic heterocycles. The Kier molecular flexibility index (Phi) is 8.34. The van der Waals surface area contributed by atoms with Crippen LogP contribution in [0.15, 0.2) is 60.8 Å². The van der Waals surface area contributed by atoms with Crippen LogP contribution in [0.3, 0.4) is 0 Å². The molecule has 0 aliphatic carbocycles. The molecule has 31 heavy (non-hydrogen) atoms. The lowest BCUT2D eigenvalue weighted by Crippen LogP contribution is -2.11. The van der Waals surface area contributed by atoms with Crippen LogP contribution < -0.4 is 4.74 Å². The number of carbonyl (C=O) groups is 1. The maximum atomic E-state index is 14.5. The van der Waals surface area contributed by atoms with Crippen LogP contribution in [0.4, 0.5) is 4.39 Å². The lowest BCUT2D eigenvalue weighted by molar-refractivity contribution is 0.0730. The van der Waals surface area contributed by atoms with Gasteiger partial charge in [-0.1, -0.05) is 51.7 Å². The standard InChI is InChI=1S/C27H30FNO2/c1-3-5-6-7-8-9-21-10-16-24(25(28)18-21)27(30)31-23-14-12-22(13-15-23)26-17-11-20(4-2)19-29-26/h10-19H,3-9H2,1-2H3. The van der Waals surface area contributed by atoms with E-state index in [4.69, 9.17) is 4.74 Å². The summed E-state index contributed by atoms with van der Waals surface area (Å²) >= 11 is 0. The predicted molar refractivity (Wildman–Crippen MR) is 123 cm³/mol. The summed E-state index contributed by atoms with van der Waals surface area (Å²) in [4.78, 5) is 16.9. The molecular formula is C27H30FNO2. The highest BCUT2D eigenvalue weighted by atomic mass is 19.1. The van der Waals surface area contributed by atoms with Crippen molar-refractivity contribution in [2.24, 2.45) is 0 Å². The van der Waals surface area contributed by atoms with Crippen LogP contribution in [0.5, 0.6) is 5.75 Å². The van der Waals surface area contributed by atoms with Crippen LogP contribution in [0.25, 0.3) is 11.3 Å². The van der Waals surface area contributed by atoms with Gasteiger partial charge >= 0.3 is 5.97 Å². The molecule has 0 spiro atoms. The van der Waals surface area contributed by atoms with Gasteiger partial charge in [0.2, 0.25) is 0 Å². The van der Waals surface area contributed by atoms with Gasteiger partial charge < -0.3 is 4.74 Å². The minimum Gasteiger partial charge on any atom is -0.423 e. The summed E-state index contributed by atoms with van der Waals surface area (Å²) in [5.74, 6) is -0.851. The number of unbranched alkanes of at least 4 members (excludes halogenated alkanes) is 4. The molecule has 0 atom stereocenters. The SMILES string of the molecule is CCCCCCCc1ccc(C(=O)Oc2ccc(-c3ccc(CC)cn3)cc2)c(F)c1. The average Bonchev–Trinajstić information content (AvgIpc) is 2.79. The van der Waals surface area contributed by atoms with Crippen molar-refractivity contribution < 1.29 is 13.9 Å². The van der Waals surface area contributed by atoms with Gasteiger partial charge in [-0.05, 0) is 72.9 Å². The zero-order valence-electron chi connectivity index (χ0n) is 18.4. The number of esters is 1. The van der Waals surface area contributed by atoms with Crippen LogP contribution in [0.1, 0.15) is 67.4 Å². The largest absolute Gasteiger partial charge is 0.423 e. The van der Waals surface area contributed by atoms with Crippen LogP contribution in [-0.4, -0.2) is 11.0 Å². The number of hydrogen-bond acceptors (Lipinski definition) is 3. The number of benzene rings is 2. The number of aromatic nitrogens is 1. The molecule has 0 amide bonds. The summed E-state index contributed by atoms with van der Waals surface area (Å²) in [6.07, 6.45) is 9.46. The van der Waals surface area contributed by atoms with Crippen molar-refractivity contribution in [3.63, 3.8) is 0 Å². The molecule has 3 rings (SSSR count). The average molecular weight is 420 g/mol. The minimum absolute atomic E-state index is 0.0457. The predicted octanol–water partition coefficient (Wildman–Crippen LogP) is 7.18. The van der Waals surface area contributed by atoms with Crippen LogP contribution in [0.2, 0.25) is 0 Å². The number of pyridine rings is 1. The highest BCUT2D eigenvalue weighted by Gasteiger charge is 2.15. The van der Waals surface area contributed by atoms with Crippen molar-refractivity contribution in [1.29, 1.82) is 0 Å². The lowest BCUT2D eigenvalue weighted by Gasteiger charge is -2.08. The smallest absolute Gasteiger partial charge is 0.346 e. The number of carbonyl (C=O) groups excluding carboxylic acids is 1. The molecule has 0 aliphatic rings. The maximum absolute atomic E-state index is 14.5. The Morgan fingerprint density at radius 3 is 2.29 bits per heavy atom. The molecule has 162 valence electrons. The van der Waals surface area contributed by atoms with Crippen LogP contribution in [0, 0.1) is 5.82 Å². The first-order valence-corrected chi connectivity index (χ1v) is 11.2. The Hall–Kier alpha value is -3.01. The van der Waals surface area contributed by atoms with Crippen molar-refractivity contribution >= 4 is 5.97 Å². The van der Waals surface area contributed by atoms with Gasteiger partial charge in [-0.15, -0.1) is 0 Å². The Labute approximate surface area is 184 Å².